The van der Waals surface area contributed by atoms with Gasteiger partial charge in [0.2, 0.25) is 0 Å². The second-order valence-electron chi connectivity index (χ2n) is 6.52. The SMILES string of the molecule is CN1CCC(N(CCO)Cc2cnc(C3CCC3)s2)CC1. The molecule has 0 unspecified atom stereocenters. The van der Waals surface area contributed by atoms with E-state index in [4.69, 9.17) is 0 Å². The summed E-state index contributed by atoms with van der Waals surface area (Å²) in [6.07, 6.45) is 8.50. The van der Waals surface area contributed by atoms with Crippen LogP contribution in [0, 0.1) is 0 Å². The first-order valence-electron chi connectivity index (χ1n) is 8.24. The van der Waals surface area contributed by atoms with Crippen LogP contribution in [-0.4, -0.2) is 59.2 Å². The number of hydrogen-bond acceptors (Lipinski definition) is 5. The minimum atomic E-state index is 0.251. The molecule has 1 aromatic heterocycles. The first-order chi connectivity index (χ1) is 10.3. The lowest BCUT2D eigenvalue weighted by Crippen LogP contribution is -2.44. The fraction of sp³-hybridized carbons (Fsp3) is 0.812. The zero-order valence-corrected chi connectivity index (χ0v) is 13.8. The fourth-order valence-corrected chi connectivity index (χ4v) is 4.43. The van der Waals surface area contributed by atoms with Gasteiger partial charge in [-0.15, -0.1) is 11.3 Å². The Kier molecular flexibility index (Phi) is 5.27. The Labute approximate surface area is 131 Å². The average Bonchev–Trinajstić information content (AvgIpc) is 2.85. The monoisotopic (exact) mass is 309 g/mol. The van der Waals surface area contributed by atoms with Crippen LogP contribution in [-0.2, 0) is 6.54 Å². The molecule has 2 fully saturated rings. The third kappa shape index (κ3) is 3.83. The Hall–Kier alpha value is -0.490. The standard InChI is InChI=1S/C16H27N3OS/c1-18-7-5-14(6-8-18)19(9-10-20)12-15-11-17-16(21-15)13-3-2-4-13/h11,13-14,20H,2-10,12H2,1H3. The summed E-state index contributed by atoms with van der Waals surface area (Å²) in [5.41, 5.74) is 0. The van der Waals surface area contributed by atoms with Crippen molar-refractivity contribution in [2.45, 2.75) is 50.6 Å². The van der Waals surface area contributed by atoms with Gasteiger partial charge in [-0.25, -0.2) is 4.98 Å². The minimum Gasteiger partial charge on any atom is -0.395 e. The summed E-state index contributed by atoms with van der Waals surface area (Å²) < 4.78 is 0. The molecule has 21 heavy (non-hydrogen) atoms. The first-order valence-corrected chi connectivity index (χ1v) is 9.06. The Bertz CT molecular complexity index is 438. The topological polar surface area (TPSA) is 39.6 Å². The zero-order valence-electron chi connectivity index (χ0n) is 13.0. The molecule has 0 radical (unpaired) electrons. The van der Waals surface area contributed by atoms with E-state index >= 15 is 0 Å². The van der Waals surface area contributed by atoms with Crippen molar-refractivity contribution in [3.05, 3.63) is 16.1 Å². The number of aliphatic hydroxyl groups excluding tert-OH is 1. The van der Waals surface area contributed by atoms with Crippen molar-refractivity contribution in [2.24, 2.45) is 0 Å². The Morgan fingerprint density at radius 3 is 2.71 bits per heavy atom. The maximum Gasteiger partial charge on any atom is 0.0959 e. The normalized spacial score (nSPS) is 21.9. The quantitative estimate of drug-likeness (QED) is 0.875. The van der Waals surface area contributed by atoms with Gasteiger partial charge in [0.15, 0.2) is 0 Å². The second kappa shape index (κ2) is 7.18. The summed E-state index contributed by atoms with van der Waals surface area (Å²) in [5, 5.41) is 10.7. The van der Waals surface area contributed by atoms with Gasteiger partial charge in [-0.3, -0.25) is 4.90 Å². The van der Waals surface area contributed by atoms with E-state index < -0.39 is 0 Å². The van der Waals surface area contributed by atoms with Gasteiger partial charge in [0.05, 0.1) is 11.6 Å². The van der Waals surface area contributed by atoms with E-state index in [0.717, 1.165) is 19.0 Å². The molecule has 1 aliphatic carbocycles. The number of aliphatic hydroxyl groups is 1. The van der Waals surface area contributed by atoms with Crippen molar-refractivity contribution in [1.82, 2.24) is 14.8 Å². The molecule has 0 aromatic carbocycles. The summed E-state index contributed by atoms with van der Waals surface area (Å²) in [4.78, 5) is 10.9. The zero-order chi connectivity index (χ0) is 14.7. The summed E-state index contributed by atoms with van der Waals surface area (Å²) in [6, 6.07) is 0.614. The molecule has 118 valence electrons. The van der Waals surface area contributed by atoms with Crippen LogP contribution in [0.3, 0.4) is 0 Å². The van der Waals surface area contributed by atoms with Gasteiger partial charge in [0.25, 0.3) is 0 Å². The maximum atomic E-state index is 9.37. The van der Waals surface area contributed by atoms with Gasteiger partial charge in [-0.05, 0) is 45.8 Å². The summed E-state index contributed by atoms with van der Waals surface area (Å²) in [5.74, 6) is 0.735. The highest BCUT2D eigenvalue weighted by Gasteiger charge is 2.25. The van der Waals surface area contributed by atoms with Gasteiger partial charge in [0, 0.05) is 36.1 Å². The molecule has 1 aromatic rings. The van der Waals surface area contributed by atoms with Crippen molar-refractivity contribution in [3.8, 4) is 0 Å². The van der Waals surface area contributed by atoms with E-state index in [1.807, 2.05) is 11.3 Å². The van der Waals surface area contributed by atoms with Crippen LogP contribution in [0.25, 0.3) is 0 Å². The third-order valence-corrected chi connectivity index (χ3v) is 6.12. The molecule has 2 heterocycles. The highest BCUT2D eigenvalue weighted by atomic mass is 32.1. The average molecular weight is 309 g/mol. The number of nitrogens with zero attached hydrogens (tertiary/aromatic N) is 3. The number of hydrogen-bond donors (Lipinski definition) is 1. The first kappa shape index (κ1) is 15.4. The van der Waals surface area contributed by atoms with Crippen LogP contribution in [0.1, 0.15) is 47.9 Å². The number of rotatable bonds is 6. The summed E-state index contributed by atoms with van der Waals surface area (Å²) in [6.45, 7) is 4.33. The highest BCUT2D eigenvalue weighted by Crippen LogP contribution is 2.38. The van der Waals surface area contributed by atoms with Crippen LogP contribution in [0.2, 0.25) is 0 Å². The Balaban J connectivity index is 1.59. The highest BCUT2D eigenvalue weighted by molar-refractivity contribution is 7.11. The smallest absolute Gasteiger partial charge is 0.0959 e. The predicted molar refractivity (Wildman–Crippen MR) is 86.7 cm³/mol. The van der Waals surface area contributed by atoms with Gasteiger partial charge >= 0.3 is 0 Å². The van der Waals surface area contributed by atoms with Crippen LogP contribution in [0.15, 0.2) is 6.20 Å². The van der Waals surface area contributed by atoms with E-state index in [1.54, 1.807) is 0 Å². The number of thiazole rings is 1. The van der Waals surface area contributed by atoms with Crippen LogP contribution in [0.4, 0.5) is 0 Å². The molecule has 0 atom stereocenters. The number of piperidine rings is 1. The second-order valence-corrected chi connectivity index (χ2v) is 7.67. The van der Waals surface area contributed by atoms with Gasteiger partial charge < -0.3 is 10.0 Å². The molecular weight excluding hydrogens is 282 g/mol. The molecule has 1 saturated carbocycles. The summed E-state index contributed by atoms with van der Waals surface area (Å²) in [7, 11) is 2.20. The van der Waals surface area contributed by atoms with Crippen LogP contribution in [0.5, 0.6) is 0 Å². The van der Waals surface area contributed by atoms with E-state index in [0.29, 0.717) is 6.04 Å². The van der Waals surface area contributed by atoms with Crippen molar-refractivity contribution in [3.63, 3.8) is 0 Å². The van der Waals surface area contributed by atoms with E-state index in [-0.39, 0.29) is 6.61 Å². The van der Waals surface area contributed by atoms with Crippen LogP contribution >= 0.6 is 11.3 Å². The molecule has 0 spiro atoms. The van der Waals surface area contributed by atoms with Crippen molar-refractivity contribution in [1.29, 1.82) is 0 Å². The molecule has 0 bridgehead atoms. The van der Waals surface area contributed by atoms with E-state index in [2.05, 4.69) is 28.0 Å². The summed E-state index contributed by atoms with van der Waals surface area (Å²) >= 11 is 1.89. The van der Waals surface area contributed by atoms with E-state index in [9.17, 15) is 5.11 Å². The fourth-order valence-electron chi connectivity index (χ4n) is 3.32. The molecule has 4 nitrogen and oxygen atoms in total. The minimum absolute atomic E-state index is 0.251. The molecule has 5 heteroatoms. The van der Waals surface area contributed by atoms with Crippen molar-refractivity contribution >= 4 is 11.3 Å². The van der Waals surface area contributed by atoms with Gasteiger partial charge in [-0.2, -0.15) is 0 Å². The lowest BCUT2D eigenvalue weighted by atomic mass is 9.86. The molecule has 0 amide bonds. The maximum absolute atomic E-state index is 9.37. The largest absolute Gasteiger partial charge is 0.395 e. The van der Waals surface area contributed by atoms with Gasteiger partial charge in [-0.1, -0.05) is 6.42 Å². The van der Waals surface area contributed by atoms with Crippen molar-refractivity contribution in [2.75, 3.05) is 33.3 Å². The lowest BCUT2D eigenvalue weighted by Gasteiger charge is -2.36. The Morgan fingerprint density at radius 1 is 1.33 bits per heavy atom. The van der Waals surface area contributed by atoms with Crippen LogP contribution < -0.4 is 0 Å². The van der Waals surface area contributed by atoms with Crippen molar-refractivity contribution < 1.29 is 5.11 Å². The molecule has 3 rings (SSSR count). The number of likely N-dealkylation sites (tertiary alicyclic amines) is 1. The molecule has 1 aliphatic heterocycles. The molecule has 1 N–H and O–H groups in total. The van der Waals surface area contributed by atoms with E-state index in [1.165, 1.54) is 55.1 Å². The lowest BCUT2D eigenvalue weighted by molar-refractivity contribution is 0.0949. The molecular formula is C16H27N3OS. The predicted octanol–water partition coefficient (Wildman–Crippen LogP) is 2.30. The Morgan fingerprint density at radius 2 is 2.10 bits per heavy atom. The number of aromatic nitrogens is 1. The molecule has 1 saturated heterocycles. The van der Waals surface area contributed by atoms with Gasteiger partial charge in [0.1, 0.15) is 0 Å². The third-order valence-electron chi connectivity index (χ3n) is 4.98. The molecule has 2 aliphatic rings.